The smallest absolute Gasteiger partial charge is 0.371 e. The summed E-state index contributed by atoms with van der Waals surface area (Å²) in [6.07, 6.45) is -5.30. The van der Waals surface area contributed by atoms with Crippen LogP contribution in [0.4, 0.5) is 0 Å². The van der Waals surface area contributed by atoms with E-state index in [1.165, 1.54) is 14.0 Å². The van der Waals surface area contributed by atoms with Crippen molar-refractivity contribution in [3.63, 3.8) is 0 Å². The van der Waals surface area contributed by atoms with Crippen molar-refractivity contribution >= 4 is 17.7 Å². The summed E-state index contributed by atoms with van der Waals surface area (Å²) in [6.45, 7) is 2.16. The van der Waals surface area contributed by atoms with Crippen LogP contribution in [0.15, 0.2) is 0 Å². The summed E-state index contributed by atoms with van der Waals surface area (Å²) in [5.74, 6) is -5.37. The highest BCUT2D eigenvalue weighted by atomic mass is 16.8. The molecule has 11 nitrogen and oxygen atoms in total. The Hall–Kier alpha value is -1.63. The number of hydrogen-bond acceptors (Lipinski definition) is 9. The van der Waals surface area contributed by atoms with Crippen molar-refractivity contribution in [1.29, 1.82) is 0 Å². The molecule has 0 saturated carbocycles. The zero-order chi connectivity index (χ0) is 18.7. The number of fused-ring (bicyclic) bond motifs is 1. The fraction of sp³-hybridized carbons (Fsp3) is 0.769. The summed E-state index contributed by atoms with van der Waals surface area (Å²) in [5, 5.41) is 36.2. The first-order valence-corrected chi connectivity index (χ1v) is 6.87. The maximum absolute atomic E-state index is 11.0. The second-order valence-electron chi connectivity index (χ2n) is 5.27. The molecule has 0 amide bonds. The molecule has 0 bridgehead atoms. The lowest BCUT2D eigenvalue weighted by Crippen LogP contribution is -2.66. The molecule has 11 heteroatoms. The average Bonchev–Trinajstić information content (AvgIpc) is 2.51. The normalized spacial score (nSPS) is 38.3. The Kier molecular flexibility index (Phi) is 6.77. The Labute approximate surface area is 136 Å². The molecule has 24 heavy (non-hydrogen) atoms. The zero-order valence-corrected chi connectivity index (χ0v) is 13.2. The van der Waals surface area contributed by atoms with Gasteiger partial charge in [-0.05, 0) is 0 Å². The molecule has 138 valence electrons. The lowest BCUT2D eigenvalue weighted by Gasteiger charge is -2.47. The number of aliphatic carboxylic acids is 2. The van der Waals surface area contributed by atoms with Crippen LogP contribution < -0.4 is 0 Å². The van der Waals surface area contributed by atoms with E-state index in [9.17, 15) is 24.6 Å². The molecule has 2 heterocycles. The number of carbonyl (C=O) groups is 3. The number of rotatable bonds is 3. The first-order valence-electron chi connectivity index (χ1n) is 6.87. The molecule has 0 aromatic heterocycles. The molecular formula is C13H20O11. The second kappa shape index (κ2) is 7.96. The Bertz CT molecular complexity index is 478. The summed E-state index contributed by atoms with van der Waals surface area (Å²) < 4.78 is 20.5. The van der Waals surface area contributed by atoms with Gasteiger partial charge < -0.3 is 39.4 Å². The Morgan fingerprint density at radius 2 is 1.71 bits per heavy atom. The molecular weight excluding hydrogens is 332 g/mol. The predicted molar refractivity (Wildman–Crippen MR) is 72.9 cm³/mol. The fourth-order valence-corrected chi connectivity index (χ4v) is 2.03. The summed E-state index contributed by atoms with van der Waals surface area (Å²) in [6, 6.07) is 0. The Morgan fingerprint density at radius 1 is 1.17 bits per heavy atom. The van der Waals surface area contributed by atoms with Crippen molar-refractivity contribution < 1.29 is 53.8 Å². The number of ether oxygens (including phenoxy) is 4. The molecule has 0 aromatic rings. The monoisotopic (exact) mass is 352 g/mol. The number of hydrogen-bond donors (Lipinski definition) is 4. The number of carbonyl (C=O) groups excluding carboxylic acids is 1. The van der Waals surface area contributed by atoms with Crippen molar-refractivity contribution in [2.24, 2.45) is 0 Å². The summed E-state index contributed by atoms with van der Waals surface area (Å²) in [4.78, 5) is 29.9. The highest BCUT2D eigenvalue weighted by Crippen LogP contribution is 2.32. The van der Waals surface area contributed by atoms with Crippen LogP contribution in [0.2, 0.25) is 0 Å². The molecule has 2 fully saturated rings. The minimum absolute atomic E-state index is 0.0723. The first-order chi connectivity index (χ1) is 11.0. The number of aliphatic hydroxyl groups is 2. The third-order valence-electron chi connectivity index (χ3n) is 3.45. The summed E-state index contributed by atoms with van der Waals surface area (Å²) >= 11 is 0. The molecule has 2 rings (SSSR count). The highest BCUT2D eigenvalue weighted by molar-refractivity contribution is 6.31. The van der Waals surface area contributed by atoms with E-state index in [4.69, 9.17) is 29.2 Å². The third kappa shape index (κ3) is 4.47. The van der Waals surface area contributed by atoms with Crippen LogP contribution >= 0.6 is 0 Å². The maximum Gasteiger partial charge on any atom is 0.371 e. The van der Waals surface area contributed by atoms with Gasteiger partial charge in [-0.25, -0.2) is 9.59 Å². The van der Waals surface area contributed by atoms with Gasteiger partial charge in [0.15, 0.2) is 6.29 Å². The van der Waals surface area contributed by atoms with Crippen LogP contribution in [-0.4, -0.2) is 88.4 Å². The van der Waals surface area contributed by atoms with Crippen molar-refractivity contribution in [3.8, 4) is 0 Å². The number of aliphatic hydroxyl groups excluding tert-OH is 2. The Morgan fingerprint density at radius 3 is 2.12 bits per heavy atom. The molecule has 0 radical (unpaired) electrons. The van der Waals surface area contributed by atoms with Crippen LogP contribution in [0.25, 0.3) is 0 Å². The van der Waals surface area contributed by atoms with Crippen molar-refractivity contribution in [3.05, 3.63) is 0 Å². The molecule has 4 N–H and O–H groups in total. The van der Waals surface area contributed by atoms with E-state index >= 15 is 0 Å². The van der Waals surface area contributed by atoms with Gasteiger partial charge >= 0.3 is 11.9 Å². The van der Waals surface area contributed by atoms with Crippen LogP contribution in [0.5, 0.6) is 0 Å². The van der Waals surface area contributed by atoms with E-state index in [1.54, 1.807) is 0 Å². The minimum atomic E-state index is -1.86. The van der Waals surface area contributed by atoms with Gasteiger partial charge in [-0.2, -0.15) is 0 Å². The quantitative estimate of drug-likeness (QED) is 0.412. The third-order valence-corrected chi connectivity index (χ3v) is 3.45. The molecule has 2 aliphatic rings. The van der Waals surface area contributed by atoms with Gasteiger partial charge in [0.05, 0.1) is 6.61 Å². The van der Waals surface area contributed by atoms with E-state index < -0.39 is 54.2 Å². The van der Waals surface area contributed by atoms with Gasteiger partial charge in [0.1, 0.15) is 24.4 Å². The van der Waals surface area contributed by atoms with Crippen LogP contribution in [0.3, 0.4) is 0 Å². The highest BCUT2D eigenvalue weighted by Gasteiger charge is 2.54. The van der Waals surface area contributed by atoms with E-state index in [2.05, 4.69) is 0 Å². The molecule has 0 spiro atoms. The molecule has 2 aliphatic heterocycles. The summed E-state index contributed by atoms with van der Waals surface area (Å²) in [7, 11) is 1.33. The molecule has 0 aromatic carbocycles. The largest absolute Gasteiger partial charge is 0.477 e. The van der Waals surface area contributed by atoms with Crippen LogP contribution in [-0.2, 0) is 33.3 Å². The van der Waals surface area contributed by atoms with E-state index in [0.717, 1.165) is 6.92 Å². The lowest BCUT2D eigenvalue weighted by molar-refractivity contribution is -0.376. The zero-order valence-electron chi connectivity index (χ0n) is 13.2. The minimum Gasteiger partial charge on any atom is -0.477 e. The van der Waals surface area contributed by atoms with Gasteiger partial charge in [-0.15, -0.1) is 0 Å². The number of ketones is 1. The van der Waals surface area contributed by atoms with Crippen molar-refractivity contribution in [1.82, 2.24) is 0 Å². The van der Waals surface area contributed by atoms with Crippen LogP contribution in [0, 0.1) is 0 Å². The van der Waals surface area contributed by atoms with E-state index in [1.807, 2.05) is 0 Å². The molecule has 1 unspecified atom stereocenters. The predicted octanol–water partition coefficient (Wildman–Crippen LogP) is -2.04. The second-order valence-corrected chi connectivity index (χ2v) is 5.27. The van der Waals surface area contributed by atoms with Gasteiger partial charge in [0.25, 0.3) is 5.79 Å². The van der Waals surface area contributed by atoms with Crippen LogP contribution in [0.1, 0.15) is 13.8 Å². The average molecular weight is 352 g/mol. The summed E-state index contributed by atoms with van der Waals surface area (Å²) in [5.41, 5.74) is 0. The van der Waals surface area contributed by atoms with E-state index in [0.29, 0.717) is 0 Å². The van der Waals surface area contributed by atoms with Gasteiger partial charge in [-0.1, -0.05) is 0 Å². The van der Waals surface area contributed by atoms with Gasteiger partial charge in [0.2, 0.25) is 5.78 Å². The number of methoxy groups -OCH3 is 1. The van der Waals surface area contributed by atoms with E-state index in [-0.39, 0.29) is 6.61 Å². The van der Waals surface area contributed by atoms with Gasteiger partial charge in [0, 0.05) is 21.0 Å². The standard InChI is InChI=1S/C10H16O8.C3H4O3/c1-10(9(13)14)16-3-4-7(18-10)5(11)6(12)8(15-2)17-4;1-2(4)3(5)6/h4-8,11-12H,3H2,1-2H3,(H,13,14);1H3,(H,5,6)/t4-,5-,6-,7+,8-,10?;/m1./s1. The lowest BCUT2D eigenvalue weighted by atomic mass is 9.97. The molecule has 0 aliphatic carbocycles. The number of carboxylic acid groups (broad SMARTS) is 2. The molecule has 2 saturated heterocycles. The number of Topliss-reactive ketones (excluding diaryl/α,β-unsaturated/α-hetero) is 1. The topological polar surface area (TPSA) is 169 Å². The van der Waals surface area contributed by atoms with Crippen molar-refractivity contribution in [2.45, 2.75) is 50.3 Å². The van der Waals surface area contributed by atoms with Crippen molar-refractivity contribution in [2.75, 3.05) is 13.7 Å². The van der Waals surface area contributed by atoms with Gasteiger partial charge in [-0.3, -0.25) is 4.79 Å². The SMILES string of the molecule is CC(=O)C(=O)O.CO[C@@H]1O[C@@H]2COC(C)(C(=O)O)O[C@@H]2[C@H](O)[C@H]1O. The number of carboxylic acids is 2. The first kappa shape index (κ1) is 20.4. The Balaban J connectivity index is 0.000000413. The maximum atomic E-state index is 11.0. The fourth-order valence-electron chi connectivity index (χ4n) is 2.03. The molecule has 6 atom stereocenters.